The van der Waals surface area contributed by atoms with Gasteiger partial charge in [-0.3, -0.25) is 4.79 Å². The zero-order valence-corrected chi connectivity index (χ0v) is 30.4. The topological polar surface area (TPSA) is 147 Å². The number of rotatable bonds is 6. The summed E-state index contributed by atoms with van der Waals surface area (Å²) >= 11 is 11.9. The van der Waals surface area contributed by atoms with Crippen LogP contribution in [0.2, 0.25) is 5.02 Å². The van der Waals surface area contributed by atoms with Gasteiger partial charge in [-0.2, -0.15) is 5.26 Å². The highest BCUT2D eigenvalue weighted by molar-refractivity contribution is 9.11. The van der Waals surface area contributed by atoms with Crippen molar-refractivity contribution in [1.29, 1.82) is 5.26 Å². The molecule has 0 radical (unpaired) electrons. The number of phenolic OH excluding ortho intramolecular Hbond substituents is 1. The lowest BCUT2D eigenvalue weighted by Gasteiger charge is -2.13. The molecule has 0 amide bonds. The van der Waals surface area contributed by atoms with E-state index in [0.717, 1.165) is 35.1 Å². The summed E-state index contributed by atoms with van der Waals surface area (Å²) in [5.74, 6) is -0.265. The van der Waals surface area contributed by atoms with Gasteiger partial charge < -0.3 is 24.8 Å². The molecule has 0 aliphatic carbocycles. The molecule has 1 aromatic heterocycles. The molecule has 250 valence electrons. The van der Waals surface area contributed by atoms with E-state index in [1.54, 1.807) is 39.7 Å². The number of nitriles is 1. The average Bonchev–Trinajstić information content (AvgIpc) is 3.18. The fourth-order valence-corrected chi connectivity index (χ4v) is 6.43. The van der Waals surface area contributed by atoms with Gasteiger partial charge in [-0.15, -0.1) is 0 Å². The van der Waals surface area contributed by atoms with Gasteiger partial charge in [0.15, 0.2) is 6.61 Å². The van der Waals surface area contributed by atoms with Crippen LogP contribution < -0.4 is 10.3 Å². The molecular formula is C34H36Br2ClN3O7. The second-order valence-electron chi connectivity index (χ2n) is 10.5. The molecule has 0 fully saturated rings. The molecule has 3 aromatic carbocycles. The van der Waals surface area contributed by atoms with Gasteiger partial charge in [-0.05, 0) is 111 Å². The molecule has 13 heteroatoms. The molecule has 0 spiro atoms. The molecule has 4 aromatic rings. The Labute approximate surface area is 295 Å². The zero-order chi connectivity index (χ0) is 34.8. The summed E-state index contributed by atoms with van der Waals surface area (Å²) in [5.41, 5.74) is 5.99. The normalized spacial score (nSPS) is 12.0. The number of aromatic nitrogens is 2. The molecule has 0 atom stereocenters. The second kappa shape index (κ2) is 17.4. The fraction of sp³-hybridized carbons (Fsp3) is 0.324. The largest absolute Gasteiger partial charge is 0.506 e. The Morgan fingerprint density at radius 3 is 2.06 bits per heavy atom. The van der Waals surface area contributed by atoms with Crippen molar-refractivity contribution in [3.8, 4) is 34.6 Å². The number of aryl methyl sites for hydroxylation is 4. The number of nitrogens with zero attached hydrogens (tertiary/aromatic N) is 3. The first-order valence-electron chi connectivity index (χ1n) is 14.7. The van der Waals surface area contributed by atoms with Gasteiger partial charge in [-0.1, -0.05) is 43.1 Å². The van der Waals surface area contributed by atoms with Crippen LogP contribution in [0.1, 0.15) is 41.7 Å². The summed E-state index contributed by atoms with van der Waals surface area (Å²) in [6.07, 6.45) is 1.66. The van der Waals surface area contributed by atoms with Crippen LogP contribution in [0.5, 0.6) is 17.4 Å². The van der Waals surface area contributed by atoms with E-state index in [9.17, 15) is 19.8 Å². The van der Waals surface area contributed by atoms with Crippen molar-refractivity contribution in [2.45, 2.75) is 53.6 Å². The van der Waals surface area contributed by atoms with Gasteiger partial charge in [-0.25, -0.2) is 14.2 Å². The first-order chi connectivity index (χ1) is 22.3. The average molecular weight is 794 g/mol. The number of benzene rings is 3. The van der Waals surface area contributed by atoms with Gasteiger partial charge in [0.25, 0.3) is 5.56 Å². The Bertz CT molecular complexity index is 1800. The number of phenols is 1. The number of ether oxygens (including phenoxy) is 2. The highest BCUT2D eigenvalue weighted by Crippen LogP contribution is 2.35. The van der Waals surface area contributed by atoms with Crippen molar-refractivity contribution < 1.29 is 29.6 Å². The molecule has 10 nitrogen and oxygen atoms in total. The molecule has 0 saturated heterocycles. The molecule has 2 heterocycles. The molecule has 0 saturated carbocycles. The molecule has 1 aliphatic heterocycles. The van der Waals surface area contributed by atoms with E-state index in [1.165, 1.54) is 5.56 Å². The smallest absolute Gasteiger partial charge is 0.341 e. The van der Waals surface area contributed by atoms with Crippen molar-refractivity contribution in [3.63, 3.8) is 0 Å². The van der Waals surface area contributed by atoms with Gasteiger partial charge in [0.1, 0.15) is 17.1 Å². The van der Waals surface area contributed by atoms with E-state index < -0.39 is 5.97 Å². The first kappa shape index (κ1) is 37.7. The van der Waals surface area contributed by atoms with Crippen molar-refractivity contribution in [2.24, 2.45) is 0 Å². The summed E-state index contributed by atoms with van der Waals surface area (Å²) < 4.78 is 14.7. The lowest BCUT2D eigenvalue weighted by atomic mass is 9.91. The van der Waals surface area contributed by atoms with Crippen LogP contribution in [-0.4, -0.2) is 50.5 Å². The summed E-state index contributed by atoms with van der Waals surface area (Å²) in [7, 11) is 0. The van der Waals surface area contributed by atoms with Crippen LogP contribution >= 0.6 is 43.5 Å². The lowest BCUT2D eigenvalue weighted by molar-refractivity contribution is -0.139. The predicted octanol–water partition coefficient (Wildman–Crippen LogP) is 7.39. The summed E-state index contributed by atoms with van der Waals surface area (Å²) in [4.78, 5) is 23.1. The second-order valence-corrected chi connectivity index (χ2v) is 12.7. The lowest BCUT2D eigenvalue weighted by Crippen LogP contribution is -2.23. The maximum Gasteiger partial charge on any atom is 0.341 e. The highest BCUT2D eigenvalue weighted by atomic mass is 79.9. The maximum absolute atomic E-state index is 12.9. The maximum atomic E-state index is 12.9. The SMILES string of the molecule is CCc1cc(C)cc(CC)c1-c1c(O)n2n(c1=O)CCOCC2.Cc1cc(Cl)ccc1OCC(=O)O.N#Cc1cc(Br)c(O)c(Br)c1. The Balaban J connectivity index is 0.000000212. The predicted molar refractivity (Wildman–Crippen MR) is 188 cm³/mol. The number of carbonyl (C=O) groups is 1. The summed E-state index contributed by atoms with van der Waals surface area (Å²) in [6, 6.07) is 14.3. The standard InChI is InChI=1S/C18H24N2O3.C9H9ClO3.C7H3Br2NO/c1-4-13-10-12(3)11-14(5-2)15(13)16-17(21)19-6-8-23-9-7-20(19)18(16)22;1-6-4-7(10)2-3-8(6)13-5-9(11)12;8-5-1-4(3-10)2-6(9)7(5)11/h10-11,21H,4-9H2,1-3H3;2-4H,5H2,1H3,(H,11,12);1-2,11H. The third-order valence-corrected chi connectivity index (χ3v) is 8.64. The number of carboxylic acid groups (broad SMARTS) is 1. The van der Waals surface area contributed by atoms with Crippen LogP contribution in [-0.2, 0) is 35.5 Å². The van der Waals surface area contributed by atoms with E-state index in [2.05, 4.69) is 64.8 Å². The quantitative estimate of drug-likeness (QED) is 0.183. The van der Waals surface area contributed by atoms with E-state index in [4.69, 9.17) is 31.4 Å². The number of aliphatic carboxylic acids is 1. The Morgan fingerprint density at radius 2 is 1.55 bits per heavy atom. The number of aromatic hydroxyl groups is 2. The molecular weight excluding hydrogens is 758 g/mol. The molecule has 1 aliphatic rings. The number of fused-ring (bicyclic) bond motifs is 1. The van der Waals surface area contributed by atoms with Crippen LogP contribution in [0.15, 0.2) is 56.2 Å². The molecule has 5 rings (SSSR count). The van der Waals surface area contributed by atoms with E-state index in [-0.39, 0.29) is 23.8 Å². The minimum absolute atomic E-state index is 0.0637. The molecule has 0 bridgehead atoms. The van der Waals surface area contributed by atoms with Crippen molar-refractivity contribution in [1.82, 2.24) is 9.36 Å². The third-order valence-electron chi connectivity index (χ3n) is 7.19. The number of halogens is 3. The van der Waals surface area contributed by atoms with Crippen LogP contribution in [0.3, 0.4) is 0 Å². The molecule has 0 unspecified atom stereocenters. The number of hydrogen-bond donors (Lipinski definition) is 3. The van der Waals surface area contributed by atoms with Crippen LogP contribution in [0, 0.1) is 25.2 Å². The third kappa shape index (κ3) is 9.64. The Kier molecular flexibility index (Phi) is 14.0. The van der Waals surface area contributed by atoms with E-state index >= 15 is 0 Å². The Hall–Kier alpha value is -3.76. The van der Waals surface area contributed by atoms with Gasteiger partial charge in [0.05, 0.1) is 46.9 Å². The van der Waals surface area contributed by atoms with Crippen molar-refractivity contribution in [3.05, 3.63) is 94.6 Å². The van der Waals surface area contributed by atoms with Gasteiger partial charge >= 0.3 is 5.97 Å². The summed E-state index contributed by atoms with van der Waals surface area (Å²) in [6.45, 7) is 9.69. The number of carboxylic acids is 1. The summed E-state index contributed by atoms with van der Waals surface area (Å²) in [5, 5.41) is 37.4. The Morgan fingerprint density at radius 1 is 0.979 bits per heavy atom. The molecule has 3 N–H and O–H groups in total. The monoisotopic (exact) mass is 791 g/mol. The zero-order valence-electron chi connectivity index (χ0n) is 26.4. The van der Waals surface area contributed by atoms with Gasteiger partial charge in [0.2, 0.25) is 5.88 Å². The first-order valence-corrected chi connectivity index (χ1v) is 16.7. The molecule has 47 heavy (non-hydrogen) atoms. The van der Waals surface area contributed by atoms with E-state index in [1.807, 2.05) is 13.0 Å². The highest BCUT2D eigenvalue weighted by Gasteiger charge is 2.25. The fourth-order valence-electron chi connectivity index (χ4n) is 5.01. The van der Waals surface area contributed by atoms with E-state index in [0.29, 0.717) is 57.1 Å². The van der Waals surface area contributed by atoms with Crippen LogP contribution in [0.25, 0.3) is 11.1 Å². The van der Waals surface area contributed by atoms with Gasteiger partial charge in [0, 0.05) is 5.02 Å². The minimum Gasteiger partial charge on any atom is -0.506 e. The minimum atomic E-state index is -0.991. The van der Waals surface area contributed by atoms with Crippen molar-refractivity contribution >= 4 is 49.4 Å². The number of hydrogen-bond acceptors (Lipinski definition) is 7. The van der Waals surface area contributed by atoms with Crippen LogP contribution in [0.4, 0.5) is 0 Å². The van der Waals surface area contributed by atoms with Crippen molar-refractivity contribution in [2.75, 3.05) is 19.8 Å².